The number of hydrogen-bond donors (Lipinski definition) is 1. The van der Waals surface area contributed by atoms with Crippen molar-refractivity contribution >= 4 is 5.91 Å². The van der Waals surface area contributed by atoms with Crippen molar-refractivity contribution in [2.75, 3.05) is 46.3 Å². The summed E-state index contributed by atoms with van der Waals surface area (Å²) in [4.78, 5) is 17.4. The summed E-state index contributed by atoms with van der Waals surface area (Å²) >= 11 is 0. The molecular formula is C21H30N4O3. The molecule has 1 aromatic carbocycles. The van der Waals surface area contributed by atoms with E-state index in [1.54, 1.807) is 6.07 Å². The van der Waals surface area contributed by atoms with E-state index in [0.717, 1.165) is 56.2 Å². The zero-order valence-electron chi connectivity index (χ0n) is 17.0. The minimum atomic E-state index is -0.104. The minimum absolute atomic E-state index is 0.104. The highest BCUT2D eigenvalue weighted by Crippen LogP contribution is 2.21. The molecule has 0 radical (unpaired) electrons. The second kappa shape index (κ2) is 9.71. The molecule has 152 valence electrons. The number of piperazine rings is 1. The Kier molecular flexibility index (Phi) is 7.06. The second-order valence-corrected chi connectivity index (χ2v) is 7.34. The summed E-state index contributed by atoms with van der Waals surface area (Å²) in [6.45, 7) is 10.2. The van der Waals surface area contributed by atoms with E-state index in [1.165, 1.54) is 0 Å². The van der Waals surface area contributed by atoms with Gasteiger partial charge in [-0.1, -0.05) is 17.3 Å². The summed E-state index contributed by atoms with van der Waals surface area (Å²) in [6.07, 6.45) is 0.942. The van der Waals surface area contributed by atoms with Crippen LogP contribution in [0, 0.1) is 13.8 Å². The lowest BCUT2D eigenvalue weighted by atomic mass is 10.1. The van der Waals surface area contributed by atoms with Crippen molar-refractivity contribution in [2.24, 2.45) is 0 Å². The van der Waals surface area contributed by atoms with Crippen molar-refractivity contribution in [3.63, 3.8) is 0 Å². The Morgan fingerprint density at radius 2 is 1.96 bits per heavy atom. The zero-order chi connectivity index (χ0) is 19.9. The van der Waals surface area contributed by atoms with Gasteiger partial charge in [0.2, 0.25) is 0 Å². The fourth-order valence-corrected chi connectivity index (χ4v) is 3.31. The number of amides is 1. The fourth-order valence-electron chi connectivity index (χ4n) is 3.31. The fraction of sp³-hybridized carbons (Fsp3) is 0.524. The van der Waals surface area contributed by atoms with E-state index in [0.29, 0.717) is 24.5 Å². The van der Waals surface area contributed by atoms with Crippen LogP contribution in [0.15, 0.2) is 28.8 Å². The van der Waals surface area contributed by atoms with Gasteiger partial charge in [-0.25, -0.2) is 0 Å². The molecular weight excluding hydrogens is 356 g/mol. The lowest BCUT2D eigenvalue weighted by molar-refractivity contribution is 0.0945. The molecule has 1 N–H and O–H groups in total. The third-order valence-electron chi connectivity index (χ3n) is 5.22. The molecule has 3 rings (SSSR count). The molecule has 28 heavy (non-hydrogen) atoms. The standard InChI is InChI=1S/C21H30N4O3/c1-16-19(17(2)28-23-16)15-27-20-8-5-4-7-18(20)21(26)22-9-6-10-25-13-11-24(3)12-14-25/h4-5,7-8H,6,9-15H2,1-3H3,(H,22,26). The van der Waals surface area contributed by atoms with Gasteiger partial charge in [-0.3, -0.25) is 4.79 Å². The zero-order valence-corrected chi connectivity index (χ0v) is 17.0. The van der Waals surface area contributed by atoms with Crippen LogP contribution in [0.25, 0.3) is 0 Å². The second-order valence-electron chi connectivity index (χ2n) is 7.34. The lowest BCUT2D eigenvalue weighted by Gasteiger charge is -2.32. The van der Waals surface area contributed by atoms with Crippen molar-refractivity contribution in [3.05, 3.63) is 46.8 Å². The van der Waals surface area contributed by atoms with Gasteiger partial charge >= 0.3 is 0 Å². The summed E-state index contributed by atoms with van der Waals surface area (Å²) in [6, 6.07) is 7.32. The Morgan fingerprint density at radius 1 is 1.21 bits per heavy atom. The molecule has 1 aromatic heterocycles. The molecule has 1 aliphatic rings. The number of ether oxygens (including phenoxy) is 1. The monoisotopic (exact) mass is 386 g/mol. The number of carbonyl (C=O) groups excluding carboxylic acids is 1. The van der Waals surface area contributed by atoms with E-state index < -0.39 is 0 Å². The van der Waals surface area contributed by atoms with Crippen LogP contribution in [0.4, 0.5) is 0 Å². The lowest BCUT2D eigenvalue weighted by Crippen LogP contribution is -2.45. The highest BCUT2D eigenvalue weighted by atomic mass is 16.5. The van der Waals surface area contributed by atoms with Crippen molar-refractivity contribution in [2.45, 2.75) is 26.9 Å². The van der Waals surface area contributed by atoms with E-state index in [1.807, 2.05) is 32.0 Å². The number of hydrogen-bond acceptors (Lipinski definition) is 6. The van der Waals surface area contributed by atoms with Gasteiger partial charge in [0, 0.05) is 32.7 Å². The SMILES string of the molecule is Cc1noc(C)c1COc1ccccc1C(=O)NCCCN1CCN(C)CC1. The molecule has 1 saturated heterocycles. The van der Waals surface area contributed by atoms with E-state index >= 15 is 0 Å². The first kappa shape index (κ1) is 20.4. The van der Waals surface area contributed by atoms with E-state index in [-0.39, 0.29) is 5.91 Å². The van der Waals surface area contributed by atoms with Gasteiger partial charge in [-0.15, -0.1) is 0 Å². The normalized spacial score (nSPS) is 15.5. The highest BCUT2D eigenvalue weighted by Gasteiger charge is 2.16. The highest BCUT2D eigenvalue weighted by molar-refractivity contribution is 5.96. The van der Waals surface area contributed by atoms with E-state index in [9.17, 15) is 4.79 Å². The third kappa shape index (κ3) is 5.33. The van der Waals surface area contributed by atoms with Crippen molar-refractivity contribution in [1.82, 2.24) is 20.3 Å². The predicted octanol–water partition coefficient (Wildman–Crippen LogP) is 2.24. The number of nitrogens with one attached hydrogen (secondary N) is 1. The Morgan fingerprint density at radius 3 is 2.68 bits per heavy atom. The van der Waals surface area contributed by atoms with Crippen molar-refractivity contribution < 1.29 is 14.1 Å². The molecule has 1 amide bonds. The molecule has 1 aliphatic heterocycles. The Bertz CT molecular complexity index is 762. The number of aromatic nitrogens is 1. The van der Waals surface area contributed by atoms with Gasteiger partial charge in [0.15, 0.2) is 0 Å². The van der Waals surface area contributed by atoms with Gasteiger partial charge in [0.1, 0.15) is 18.1 Å². The number of benzene rings is 1. The smallest absolute Gasteiger partial charge is 0.255 e. The molecule has 0 aliphatic carbocycles. The van der Waals surface area contributed by atoms with Crippen LogP contribution in [0.3, 0.4) is 0 Å². The molecule has 7 nitrogen and oxygen atoms in total. The number of para-hydroxylation sites is 1. The first-order valence-electron chi connectivity index (χ1n) is 9.87. The number of aryl methyl sites for hydroxylation is 2. The molecule has 0 spiro atoms. The van der Waals surface area contributed by atoms with E-state index in [4.69, 9.17) is 9.26 Å². The predicted molar refractivity (Wildman–Crippen MR) is 108 cm³/mol. The van der Waals surface area contributed by atoms with E-state index in [2.05, 4.69) is 27.3 Å². The maximum atomic E-state index is 12.6. The summed E-state index contributed by atoms with van der Waals surface area (Å²) in [7, 11) is 2.16. The van der Waals surface area contributed by atoms with Crippen LogP contribution in [0.2, 0.25) is 0 Å². The topological polar surface area (TPSA) is 70.8 Å². The van der Waals surface area contributed by atoms with Crippen LogP contribution < -0.4 is 10.1 Å². The average Bonchev–Trinajstić information content (AvgIpc) is 3.02. The first-order valence-corrected chi connectivity index (χ1v) is 9.87. The maximum Gasteiger partial charge on any atom is 0.255 e. The number of rotatable bonds is 8. The van der Waals surface area contributed by atoms with Gasteiger partial charge in [0.05, 0.1) is 16.8 Å². The van der Waals surface area contributed by atoms with Gasteiger partial charge in [0.25, 0.3) is 5.91 Å². The Labute approximate surface area is 166 Å². The largest absolute Gasteiger partial charge is 0.488 e. The van der Waals surface area contributed by atoms with Crippen LogP contribution in [-0.4, -0.2) is 67.2 Å². The van der Waals surface area contributed by atoms with Gasteiger partial charge in [-0.05, 0) is 46.0 Å². The molecule has 0 saturated carbocycles. The van der Waals surface area contributed by atoms with Crippen molar-refractivity contribution in [1.29, 1.82) is 0 Å². The van der Waals surface area contributed by atoms with Gasteiger partial charge < -0.3 is 24.4 Å². The maximum absolute atomic E-state index is 12.6. The molecule has 0 unspecified atom stereocenters. The Hall–Kier alpha value is -2.38. The number of nitrogens with zero attached hydrogens (tertiary/aromatic N) is 3. The molecule has 0 atom stereocenters. The third-order valence-corrected chi connectivity index (χ3v) is 5.22. The van der Waals surface area contributed by atoms with Crippen LogP contribution in [0.5, 0.6) is 5.75 Å². The van der Waals surface area contributed by atoms with Crippen molar-refractivity contribution in [3.8, 4) is 5.75 Å². The molecule has 7 heteroatoms. The molecule has 2 aromatic rings. The molecule has 1 fully saturated rings. The average molecular weight is 386 g/mol. The summed E-state index contributed by atoms with van der Waals surface area (Å²) in [5, 5.41) is 6.95. The molecule has 0 bridgehead atoms. The number of likely N-dealkylation sites (N-methyl/N-ethyl adjacent to an activating group) is 1. The summed E-state index contributed by atoms with van der Waals surface area (Å²) < 4.78 is 11.1. The first-order chi connectivity index (χ1) is 13.5. The Balaban J connectivity index is 1.48. The van der Waals surface area contributed by atoms with Crippen LogP contribution in [0.1, 0.15) is 33.8 Å². The van der Waals surface area contributed by atoms with Gasteiger partial charge in [-0.2, -0.15) is 0 Å². The summed E-state index contributed by atoms with van der Waals surface area (Å²) in [5.74, 6) is 1.20. The summed E-state index contributed by atoms with van der Waals surface area (Å²) in [5.41, 5.74) is 2.28. The quantitative estimate of drug-likeness (QED) is 0.702. The minimum Gasteiger partial charge on any atom is -0.488 e. The van der Waals surface area contributed by atoms with Crippen LogP contribution >= 0.6 is 0 Å². The van der Waals surface area contributed by atoms with Crippen LogP contribution in [-0.2, 0) is 6.61 Å². The molecule has 2 heterocycles. The number of carbonyl (C=O) groups is 1.